The Hall–Kier alpha value is -3.64. The van der Waals surface area contributed by atoms with E-state index < -0.39 is 5.92 Å². The molecule has 4 rings (SSSR count). The Bertz CT molecular complexity index is 1190. The molecule has 1 atom stereocenters. The van der Waals surface area contributed by atoms with E-state index in [-0.39, 0.29) is 30.7 Å². The maximum absolute atomic E-state index is 13.0. The largest absolute Gasteiger partial charge is 0.348 e. The summed E-state index contributed by atoms with van der Waals surface area (Å²) in [5.41, 5.74) is 3.50. The van der Waals surface area contributed by atoms with Gasteiger partial charge in [-0.1, -0.05) is 65.7 Å². The molecule has 0 unspecified atom stereocenters. The van der Waals surface area contributed by atoms with Crippen molar-refractivity contribution in [3.05, 3.63) is 94.5 Å². The molecule has 1 saturated heterocycles. The van der Waals surface area contributed by atoms with Crippen LogP contribution in [0.15, 0.2) is 72.8 Å². The van der Waals surface area contributed by atoms with Gasteiger partial charge in [-0.05, 0) is 36.8 Å². The summed E-state index contributed by atoms with van der Waals surface area (Å²) >= 11 is 6.23. The molecule has 3 amide bonds. The van der Waals surface area contributed by atoms with Crippen molar-refractivity contribution in [2.24, 2.45) is 5.92 Å². The minimum absolute atomic E-state index is 0.0822. The quantitative estimate of drug-likeness (QED) is 0.564. The number of nitrogens with zero attached hydrogens (tertiary/aromatic N) is 1. The predicted octanol–water partition coefficient (Wildman–Crippen LogP) is 4.57. The molecule has 0 aliphatic carbocycles. The van der Waals surface area contributed by atoms with Gasteiger partial charge in [0.15, 0.2) is 0 Å². The van der Waals surface area contributed by atoms with Gasteiger partial charge in [-0.3, -0.25) is 14.4 Å². The molecule has 168 valence electrons. The van der Waals surface area contributed by atoms with Crippen molar-refractivity contribution in [3.63, 3.8) is 0 Å². The molecule has 0 saturated carbocycles. The molecule has 0 bridgehead atoms. The van der Waals surface area contributed by atoms with Gasteiger partial charge < -0.3 is 15.5 Å². The molecule has 0 radical (unpaired) electrons. The van der Waals surface area contributed by atoms with Crippen LogP contribution < -0.4 is 15.5 Å². The number of amides is 3. The first-order valence-electron chi connectivity index (χ1n) is 10.7. The Labute approximate surface area is 197 Å². The number of halogens is 1. The number of benzene rings is 3. The summed E-state index contributed by atoms with van der Waals surface area (Å²) in [4.78, 5) is 39.8. The number of nitrogens with one attached hydrogen (secondary N) is 2. The summed E-state index contributed by atoms with van der Waals surface area (Å²) < 4.78 is 0. The van der Waals surface area contributed by atoms with Crippen molar-refractivity contribution in [1.82, 2.24) is 5.32 Å². The summed E-state index contributed by atoms with van der Waals surface area (Å²) in [6.07, 6.45) is 0.0822. The Balaban J connectivity index is 1.42. The van der Waals surface area contributed by atoms with Crippen molar-refractivity contribution in [3.8, 4) is 0 Å². The molecule has 1 heterocycles. The number of aryl methyl sites for hydroxylation is 1. The molecule has 3 aromatic carbocycles. The van der Waals surface area contributed by atoms with Gasteiger partial charge in [0.25, 0.3) is 5.91 Å². The molecule has 7 heteroatoms. The van der Waals surface area contributed by atoms with Gasteiger partial charge in [0.05, 0.1) is 27.9 Å². The smallest absolute Gasteiger partial charge is 0.253 e. The highest BCUT2D eigenvalue weighted by Crippen LogP contribution is 2.31. The van der Waals surface area contributed by atoms with Crippen LogP contribution in [0.3, 0.4) is 0 Å². The van der Waals surface area contributed by atoms with E-state index in [1.807, 2.05) is 31.2 Å². The van der Waals surface area contributed by atoms with E-state index in [4.69, 9.17) is 11.6 Å². The molecule has 1 fully saturated rings. The Kier molecular flexibility index (Phi) is 6.75. The van der Waals surface area contributed by atoms with Crippen LogP contribution in [-0.4, -0.2) is 24.3 Å². The molecular formula is C26H24ClN3O3. The summed E-state index contributed by atoms with van der Waals surface area (Å²) in [7, 11) is 0. The maximum atomic E-state index is 13.0. The first kappa shape index (κ1) is 22.6. The van der Waals surface area contributed by atoms with Crippen molar-refractivity contribution in [2.45, 2.75) is 19.9 Å². The van der Waals surface area contributed by atoms with Gasteiger partial charge in [0.1, 0.15) is 0 Å². The zero-order valence-electron chi connectivity index (χ0n) is 18.2. The zero-order chi connectivity index (χ0) is 23.4. The molecule has 1 aliphatic heterocycles. The topological polar surface area (TPSA) is 78.5 Å². The Morgan fingerprint density at radius 1 is 1.00 bits per heavy atom. The van der Waals surface area contributed by atoms with Crippen LogP contribution in [0.5, 0.6) is 0 Å². The van der Waals surface area contributed by atoms with E-state index in [9.17, 15) is 14.4 Å². The zero-order valence-corrected chi connectivity index (χ0v) is 18.9. The van der Waals surface area contributed by atoms with Gasteiger partial charge >= 0.3 is 0 Å². The molecule has 1 aliphatic rings. The lowest BCUT2D eigenvalue weighted by Gasteiger charge is -2.18. The molecule has 0 aromatic heterocycles. The van der Waals surface area contributed by atoms with E-state index in [0.717, 1.165) is 11.1 Å². The van der Waals surface area contributed by atoms with E-state index >= 15 is 0 Å². The maximum Gasteiger partial charge on any atom is 0.253 e. The summed E-state index contributed by atoms with van der Waals surface area (Å²) in [5, 5.41) is 6.19. The first-order valence-corrected chi connectivity index (χ1v) is 11.1. The van der Waals surface area contributed by atoms with Gasteiger partial charge in [0, 0.05) is 19.5 Å². The number of carbonyl (C=O) groups is 3. The lowest BCUT2D eigenvalue weighted by Crippen LogP contribution is -2.29. The average Bonchev–Trinajstić information content (AvgIpc) is 3.20. The van der Waals surface area contributed by atoms with E-state index in [2.05, 4.69) is 10.6 Å². The van der Waals surface area contributed by atoms with Crippen LogP contribution in [0, 0.1) is 12.8 Å². The number of anilines is 2. The minimum Gasteiger partial charge on any atom is -0.348 e. The second-order valence-electron chi connectivity index (χ2n) is 8.06. The molecule has 0 spiro atoms. The van der Waals surface area contributed by atoms with Crippen molar-refractivity contribution >= 4 is 40.7 Å². The summed E-state index contributed by atoms with van der Waals surface area (Å²) in [6, 6.07) is 21.8. The number of hydrogen-bond acceptors (Lipinski definition) is 3. The third kappa shape index (κ3) is 5.23. The van der Waals surface area contributed by atoms with Crippen molar-refractivity contribution in [1.29, 1.82) is 0 Å². The highest BCUT2D eigenvalue weighted by Gasteiger charge is 2.36. The normalized spacial score (nSPS) is 15.4. The van der Waals surface area contributed by atoms with Crippen LogP contribution in [0.25, 0.3) is 0 Å². The molecular weight excluding hydrogens is 438 g/mol. The van der Waals surface area contributed by atoms with Crippen LogP contribution in [0.1, 0.15) is 27.9 Å². The fourth-order valence-corrected chi connectivity index (χ4v) is 4.03. The number of para-hydroxylation sites is 2. The summed E-state index contributed by atoms with van der Waals surface area (Å²) in [6.45, 7) is 2.62. The van der Waals surface area contributed by atoms with E-state index in [0.29, 0.717) is 28.5 Å². The first-order chi connectivity index (χ1) is 15.9. The van der Waals surface area contributed by atoms with Gasteiger partial charge in [0.2, 0.25) is 11.8 Å². The van der Waals surface area contributed by atoms with Crippen molar-refractivity contribution in [2.75, 3.05) is 16.8 Å². The Morgan fingerprint density at radius 3 is 2.45 bits per heavy atom. The van der Waals surface area contributed by atoms with Gasteiger partial charge in [-0.25, -0.2) is 0 Å². The van der Waals surface area contributed by atoms with Crippen LogP contribution >= 0.6 is 11.6 Å². The second kappa shape index (κ2) is 9.88. The van der Waals surface area contributed by atoms with Crippen LogP contribution in [-0.2, 0) is 16.1 Å². The van der Waals surface area contributed by atoms with Gasteiger partial charge in [-0.2, -0.15) is 0 Å². The average molecular weight is 462 g/mol. The van der Waals surface area contributed by atoms with E-state index in [1.54, 1.807) is 48.5 Å². The molecule has 6 nitrogen and oxygen atoms in total. The van der Waals surface area contributed by atoms with Gasteiger partial charge in [-0.15, -0.1) is 0 Å². The SMILES string of the molecule is Cc1ccc(CNC(=O)c2ccccc2NC(=O)[C@H]2CC(=O)N(c3ccccc3Cl)C2)cc1. The van der Waals surface area contributed by atoms with Crippen LogP contribution in [0.4, 0.5) is 11.4 Å². The Morgan fingerprint density at radius 2 is 1.70 bits per heavy atom. The number of carbonyl (C=O) groups excluding carboxylic acids is 3. The predicted molar refractivity (Wildman–Crippen MR) is 129 cm³/mol. The monoisotopic (exact) mass is 461 g/mol. The highest BCUT2D eigenvalue weighted by atomic mass is 35.5. The third-order valence-corrected chi connectivity index (χ3v) is 5.96. The summed E-state index contributed by atoms with van der Waals surface area (Å²) in [5.74, 6) is -1.30. The van der Waals surface area contributed by atoms with Crippen LogP contribution in [0.2, 0.25) is 5.02 Å². The lowest BCUT2D eigenvalue weighted by molar-refractivity contribution is -0.122. The molecule has 2 N–H and O–H groups in total. The van der Waals surface area contributed by atoms with E-state index in [1.165, 1.54) is 4.90 Å². The fraction of sp³-hybridized carbons (Fsp3) is 0.192. The lowest BCUT2D eigenvalue weighted by atomic mass is 10.1. The second-order valence-corrected chi connectivity index (χ2v) is 8.47. The standard InChI is InChI=1S/C26H24ClN3O3/c1-17-10-12-18(13-11-17)15-28-26(33)20-6-2-4-8-22(20)29-25(32)19-14-24(31)30(16-19)23-9-5-3-7-21(23)27/h2-13,19H,14-16H2,1H3,(H,28,33)(H,29,32)/t19-/m0/s1. The third-order valence-electron chi connectivity index (χ3n) is 5.64. The molecule has 33 heavy (non-hydrogen) atoms. The minimum atomic E-state index is -0.544. The fourth-order valence-electron chi connectivity index (χ4n) is 3.80. The number of rotatable bonds is 6. The molecule has 3 aromatic rings. The highest BCUT2D eigenvalue weighted by molar-refractivity contribution is 6.34. The number of hydrogen-bond donors (Lipinski definition) is 2. The van der Waals surface area contributed by atoms with Crippen molar-refractivity contribution < 1.29 is 14.4 Å².